The van der Waals surface area contributed by atoms with Crippen LogP contribution in [0.3, 0.4) is 0 Å². The second-order valence-electron chi connectivity index (χ2n) is 3.60. The summed E-state index contributed by atoms with van der Waals surface area (Å²) >= 11 is 0. The van der Waals surface area contributed by atoms with E-state index in [-0.39, 0.29) is 5.54 Å². The molecule has 1 saturated carbocycles. The Kier molecular flexibility index (Phi) is 1.65. The van der Waals surface area contributed by atoms with Crippen molar-refractivity contribution in [2.75, 3.05) is 0 Å². The van der Waals surface area contributed by atoms with E-state index in [1.165, 1.54) is 0 Å². The summed E-state index contributed by atoms with van der Waals surface area (Å²) in [6.07, 6.45) is 4.06. The van der Waals surface area contributed by atoms with Crippen molar-refractivity contribution in [3.05, 3.63) is 11.7 Å². The predicted molar refractivity (Wildman–Crippen MR) is 43.5 cm³/mol. The molecule has 1 fully saturated rings. The normalized spacial score (nSPS) is 19.5. The van der Waals surface area contributed by atoms with E-state index in [0.717, 1.165) is 25.7 Å². The zero-order chi connectivity index (χ0) is 8.60. The molecule has 1 aliphatic rings. The minimum absolute atomic E-state index is 0.0857. The molecule has 0 unspecified atom stereocenters. The molecule has 12 heavy (non-hydrogen) atoms. The van der Waals surface area contributed by atoms with Crippen molar-refractivity contribution in [3.63, 3.8) is 0 Å². The summed E-state index contributed by atoms with van der Waals surface area (Å²) < 4.78 is 4.97. The Hall–Kier alpha value is -0.900. The number of aryl methyl sites for hydroxylation is 2. The molecule has 1 aromatic rings. The van der Waals surface area contributed by atoms with Crippen molar-refractivity contribution >= 4 is 0 Å². The molecule has 1 heterocycles. The van der Waals surface area contributed by atoms with Crippen LogP contribution >= 0.6 is 0 Å². The highest BCUT2D eigenvalue weighted by Gasteiger charge is 2.37. The average Bonchev–Trinajstić information content (AvgIpc) is 2.60. The van der Waals surface area contributed by atoms with Gasteiger partial charge in [-0.2, -0.15) is 4.98 Å². The van der Waals surface area contributed by atoms with Gasteiger partial charge in [0.15, 0.2) is 5.82 Å². The van der Waals surface area contributed by atoms with Crippen LogP contribution in [-0.4, -0.2) is 15.7 Å². The Balaban J connectivity index is 1.87. The molecule has 0 radical (unpaired) electrons. The van der Waals surface area contributed by atoms with Gasteiger partial charge in [0.25, 0.3) is 0 Å². The highest BCUT2D eigenvalue weighted by molar-refractivity contribution is 5.00. The lowest BCUT2D eigenvalue weighted by Gasteiger charge is -2.03. The van der Waals surface area contributed by atoms with E-state index in [4.69, 9.17) is 10.3 Å². The summed E-state index contributed by atoms with van der Waals surface area (Å²) in [7, 11) is 0. The van der Waals surface area contributed by atoms with Crippen molar-refractivity contribution in [2.24, 2.45) is 5.73 Å². The van der Waals surface area contributed by atoms with Gasteiger partial charge >= 0.3 is 0 Å². The van der Waals surface area contributed by atoms with Gasteiger partial charge in [-0.3, -0.25) is 0 Å². The number of nitrogens with two attached hydrogens (primary N) is 1. The van der Waals surface area contributed by atoms with Gasteiger partial charge in [0, 0.05) is 12.0 Å². The minimum Gasteiger partial charge on any atom is -0.339 e. The standard InChI is InChI=1S/C8H13N3O/c1-6-10-7(12-11-6)2-3-8(9)4-5-8/h2-5,9H2,1H3. The van der Waals surface area contributed by atoms with Crippen LogP contribution in [0.25, 0.3) is 0 Å². The SMILES string of the molecule is Cc1noc(CCC2(N)CC2)n1. The van der Waals surface area contributed by atoms with Crippen LogP contribution in [0.4, 0.5) is 0 Å². The zero-order valence-electron chi connectivity index (χ0n) is 7.21. The van der Waals surface area contributed by atoms with E-state index in [1.54, 1.807) is 0 Å². The number of rotatable bonds is 3. The Morgan fingerprint density at radius 3 is 2.83 bits per heavy atom. The van der Waals surface area contributed by atoms with Crippen molar-refractivity contribution in [2.45, 2.75) is 38.1 Å². The topological polar surface area (TPSA) is 64.9 Å². The van der Waals surface area contributed by atoms with E-state index >= 15 is 0 Å². The number of hydrogen-bond acceptors (Lipinski definition) is 4. The molecular formula is C8H13N3O. The molecule has 2 rings (SSSR count). The van der Waals surface area contributed by atoms with Gasteiger partial charge in [0.2, 0.25) is 5.89 Å². The fraction of sp³-hybridized carbons (Fsp3) is 0.750. The van der Waals surface area contributed by atoms with E-state index in [0.29, 0.717) is 11.7 Å². The van der Waals surface area contributed by atoms with Gasteiger partial charge in [-0.1, -0.05) is 5.16 Å². The first kappa shape index (κ1) is 7.73. The minimum atomic E-state index is 0.0857. The Morgan fingerprint density at radius 1 is 1.58 bits per heavy atom. The summed E-state index contributed by atoms with van der Waals surface area (Å²) in [5, 5.41) is 3.71. The van der Waals surface area contributed by atoms with Crippen LogP contribution in [0.2, 0.25) is 0 Å². The zero-order valence-corrected chi connectivity index (χ0v) is 7.21. The molecule has 1 aromatic heterocycles. The summed E-state index contributed by atoms with van der Waals surface area (Å²) in [5.41, 5.74) is 6.00. The van der Waals surface area contributed by atoms with Crippen LogP contribution in [0.5, 0.6) is 0 Å². The molecule has 0 amide bonds. The molecule has 0 atom stereocenters. The molecule has 2 N–H and O–H groups in total. The molecule has 0 aliphatic heterocycles. The summed E-state index contributed by atoms with van der Waals surface area (Å²) in [5.74, 6) is 1.41. The van der Waals surface area contributed by atoms with E-state index < -0.39 is 0 Å². The smallest absolute Gasteiger partial charge is 0.226 e. The lowest BCUT2D eigenvalue weighted by Crippen LogP contribution is -2.22. The largest absolute Gasteiger partial charge is 0.339 e. The molecule has 4 heteroatoms. The number of aromatic nitrogens is 2. The predicted octanol–water partition coefficient (Wildman–Crippen LogP) is 0.802. The highest BCUT2D eigenvalue weighted by atomic mass is 16.5. The van der Waals surface area contributed by atoms with Crippen LogP contribution in [0.15, 0.2) is 4.52 Å². The van der Waals surface area contributed by atoms with E-state index in [2.05, 4.69) is 10.1 Å². The maximum absolute atomic E-state index is 5.91. The van der Waals surface area contributed by atoms with Gasteiger partial charge < -0.3 is 10.3 Å². The molecule has 66 valence electrons. The first-order chi connectivity index (χ1) is 5.68. The first-order valence-corrected chi connectivity index (χ1v) is 4.26. The average molecular weight is 167 g/mol. The van der Waals surface area contributed by atoms with Crippen LogP contribution < -0.4 is 5.73 Å². The van der Waals surface area contributed by atoms with Crippen LogP contribution in [0.1, 0.15) is 31.0 Å². The quantitative estimate of drug-likeness (QED) is 0.723. The molecule has 0 bridgehead atoms. The second kappa shape index (κ2) is 2.55. The summed E-state index contributed by atoms with van der Waals surface area (Å²) in [4.78, 5) is 4.11. The van der Waals surface area contributed by atoms with Crippen LogP contribution in [0, 0.1) is 6.92 Å². The molecule has 1 aliphatic carbocycles. The molecular weight excluding hydrogens is 154 g/mol. The Morgan fingerprint density at radius 2 is 2.33 bits per heavy atom. The van der Waals surface area contributed by atoms with Crippen molar-refractivity contribution in [1.29, 1.82) is 0 Å². The maximum Gasteiger partial charge on any atom is 0.226 e. The molecule has 4 nitrogen and oxygen atoms in total. The lowest BCUT2D eigenvalue weighted by atomic mass is 10.1. The van der Waals surface area contributed by atoms with Gasteiger partial charge in [-0.05, 0) is 26.2 Å². The van der Waals surface area contributed by atoms with Crippen LogP contribution in [-0.2, 0) is 6.42 Å². The van der Waals surface area contributed by atoms with Gasteiger partial charge in [-0.25, -0.2) is 0 Å². The first-order valence-electron chi connectivity index (χ1n) is 4.26. The Bertz CT molecular complexity index is 278. The monoisotopic (exact) mass is 167 g/mol. The van der Waals surface area contributed by atoms with Gasteiger partial charge in [0.05, 0.1) is 0 Å². The van der Waals surface area contributed by atoms with Crippen molar-refractivity contribution in [3.8, 4) is 0 Å². The molecule has 0 saturated heterocycles. The second-order valence-corrected chi connectivity index (χ2v) is 3.60. The van der Waals surface area contributed by atoms with Crippen molar-refractivity contribution < 1.29 is 4.52 Å². The third-order valence-corrected chi connectivity index (χ3v) is 2.30. The molecule has 0 spiro atoms. The van der Waals surface area contributed by atoms with Gasteiger partial charge in [-0.15, -0.1) is 0 Å². The van der Waals surface area contributed by atoms with E-state index in [9.17, 15) is 0 Å². The number of hydrogen-bond donors (Lipinski definition) is 1. The third-order valence-electron chi connectivity index (χ3n) is 2.30. The third kappa shape index (κ3) is 1.64. The number of nitrogens with zero attached hydrogens (tertiary/aromatic N) is 2. The highest BCUT2D eigenvalue weighted by Crippen LogP contribution is 2.36. The summed E-state index contributed by atoms with van der Waals surface area (Å²) in [6, 6.07) is 0. The van der Waals surface area contributed by atoms with Crippen molar-refractivity contribution in [1.82, 2.24) is 10.1 Å². The summed E-state index contributed by atoms with van der Waals surface area (Å²) in [6.45, 7) is 1.82. The van der Waals surface area contributed by atoms with Gasteiger partial charge in [0.1, 0.15) is 0 Å². The molecule has 0 aromatic carbocycles. The maximum atomic E-state index is 5.91. The fourth-order valence-electron chi connectivity index (χ4n) is 1.21. The Labute approximate surface area is 71.1 Å². The fourth-order valence-corrected chi connectivity index (χ4v) is 1.21. The lowest BCUT2D eigenvalue weighted by molar-refractivity contribution is 0.366. The van der Waals surface area contributed by atoms with E-state index in [1.807, 2.05) is 6.92 Å².